The second kappa shape index (κ2) is 4.88. The van der Waals surface area contributed by atoms with Gasteiger partial charge in [0.1, 0.15) is 5.82 Å². The number of fused-ring (bicyclic) bond motifs is 2. The molecule has 1 aromatic rings. The molecular formula is C15H23N3. The molecule has 3 atom stereocenters. The van der Waals surface area contributed by atoms with Gasteiger partial charge >= 0.3 is 0 Å². The molecule has 98 valence electrons. The van der Waals surface area contributed by atoms with Gasteiger partial charge in [-0.25, -0.2) is 4.98 Å². The van der Waals surface area contributed by atoms with Gasteiger partial charge in [0, 0.05) is 30.9 Å². The summed E-state index contributed by atoms with van der Waals surface area (Å²) in [5.41, 5.74) is 7.26. The first-order chi connectivity index (χ1) is 8.74. The predicted octanol–water partition coefficient (Wildman–Crippen LogP) is 2.73. The number of aromatic nitrogens is 1. The summed E-state index contributed by atoms with van der Waals surface area (Å²) in [6.45, 7) is 4.39. The first-order valence-electron chi connectivity index (χ1n) is 7.19. The number of hydrogen-bond acceptors (Lipinski definition) is 3. The number of pyridine rings is 1. The maximum Gasteiger partial charge on any atom is 0.133 e. The van der Waals surface area contributed by atoms with E-state index in [1.54, 1.807) is 0 Å². The first-order valence-corrected chi connectivity index (χ1v) is 7.19. The standard InChI is InChI=1S/C15H23N3/c1-11(16)14-6-3-7-17-15(14)18-9-12-4-2-5-13(8-12)10-18/h3,6-7,11-13H,2,4-5,8-10,16H2,1H3/t11-,12?,13?/m0/s1. The lowest BCUT2D eigenvalue weighted by atomic mass is 9.78. The zero-order valence-corrected chi connectivity index (χ0v) is 11.2. The normalized spacial score (nSPS) is 29.1. The van der Waals surface area contributed by atoms with Gasteiger partial charge in [0.25, 0.3) is 0 Å². The molecule has 2 fully saturated rings. The van der Waals surface area contributed by atoms with Crippen molar-refractivity contribution in [1.82, 2.24) is 4.98 Å². The Bertz CT molecular complexity index is 404. The largest absolute Gasteiger partial charge is 0.356 e. The summed E-state index contributed by atoms with van der Waals surface area (Å²) < 4.78 is 0. The van der Waals surface area contributed by atoms with Crippen molar-refractivity contribution in [2.45, 2.75) is 38.6 Å². The molecule has 3 nitrogen and oxygen atoms in total. The van der Waals surface area contributed by atoms with E-state index in [0.717, 1.165) is 17.7 Å². The summed E-state index contributed by atoms with van der Waals surface area (Å²) in [5, 5.41) is 0. The molecule has 1 saturated carbocycles. The van der Waals surface area contributed by atoms with E-state index in [-0.39, 0.29) is 6.04 Å². The highest BCUT2D eigenvalue weighted by Crippen LogP contribution is 2.37. The van der Waals surface area contributed by atoms with Crippen LogP contribution in [0, 0.1) is 11.8 Å². The third kappa shape index (κ3) is 2.24. The molecule has 3 rings (SSSR count). The summed E-state index contributed by atoms with van der Waals surface area (Å²) in [6.07, 6.45) is 7.54. The van der Waals surface area contributed by atoms with Crippen LogP contribution in [-0.4, -0.2) is 18.1 Å². The van der Waals surface area contributed by atoms with Crippen molar-refractivity contribution in [2.75, 3.05) is 18.0 Å². The van der Waals surface area contributed by atoms with Crippen molar-refractivity contribution in [2.24, 2.45) is 17.6 Å². The summed E-state index contributed by atoms with van der Waals surface area (Å²) in [4.78, 5) is 7.08. The van der Waals surface area contributed by atoms with Crippen LogP contribution in [0.4, 0.5) is 5.82 Å². The summed E-state index contributed by atoms with van der Waals surface area (Å²) >= 11 is 0. The summed E-state index contributed by atoms with van der Waals surface area (Å²) in [5.74, 6) is 2.88. The van der Waals surface area contributed by atoms with Gasteiger partial charge in [0.2, 0.25) is 0 Å². The molecule has 18 heavy (non-hydrogen) atoms. The smallest absolute Gasteiger partial charge is 0.133 e. The monoisotopic (exact) mass is 245 g/mol. The number of nitrogens with two attached hydrogens (primary N) is 1. The molecular weight excluding hydrogens is 222 g/mol. The number of nitrogens with zero attached hydrogens (tertiary/aromatic N) is 2. The number of rotatable bonds is 2. The van der Waals surface area contributed by atoms with Gasteiger partial charge in [-0.1, -0.05) is 12.5 Å². The fourth-order valence-electron chi connectivity index (χ4n) is 3.63. The molecule has 2 heterocycles. The van der Waals surface area contributed by atoms with Crippen LogP contribution in [0.3, 0.4) is 0 Å². The highest BCUT2D eigenvalue weighted by atomic mass is 15.2. The molecule has 2 aliphatic rings. The van der Waals surface area contributed by atoms with Crippen LogP contribution in [0.5, 0.6) is 0 Å². The molecule has 2 N–H and O–H groups in total. The Hall–Kier alpha value is -1.09. The quantitative estimate of drug-likeness (QED) is 0.871. The van der Waals surface area contributed by atoms with E-state index in [4.69, 9.17) is 5.73 Å². The number of hydrogen-bond donors (Lipinski definition) is 1. The zero-order valence-electron chi connectivity index (χ0n) is 11.2. The van der Waals surface area contributed by atoms with Gasteiger partial charge in [-0.05, 0) is 44.1 Å². The van der Waals surface area contributed by atoms with Gasteiger partial charge < -0.3 is 10.6 Å². The van der Waals surface area contributed by atoms with Crippen LogP contribution in [0.25, 0.3) is 0 Å². The van der Waals surface area contributed by atoms with E-state index in [9.17, 15) is 0 Å². The van der Waals surface area contributed by atoms with E-state index in [1.807, 2.05) is 19.2 Å². The minimum Gasteiger partial charge on any atom is -0.356 e. The van der Waals surface area contributed by atoms with E-state index < -0.39 is 0 Å². The van der Waals surface area contributed by atoms with E-state index >= 15 is 0 Å². The summed E-state index contributed by atoms with van der Waals surface area (Å²) in [7, 11) is 0. The van der Waals surface area contributed by atoms with Crippen LogP contribution in [0.1, 0.15) is 44.2 Å². The van der Waals surface area contributed by atoms with Crippen molar-refractivity contribution in [3.8, 4) is 0 Å². The minimum absolute atomic E-state index is 0.0652. The Balaban J connectivity index is 1.86. The highest BCUT2D eigenvalue weighted by molar-refractivity contribution is 5.48. The third-order valence-corrected chi connectivity index (χ3v) is 4.46. The molecule has 1 aromatic heterocycles. The Morgan fingerprint density at radius 1 is 1.33 bits per heavy atom. The molecule has 0 spiro atoms. The first kappa shape index (κ1) is 12.0. The van der Waals surface area contributed by atoms with Crippen molar-refractivity contribution in [3.63, 3.8) is 0 Å². The van der Waals surface area contributed by atoms with Gasteiger partial charge in [-0.15, -0.1) is 0 Å². The molecule has 0 amide bonds. The van der Waals surface area contributed by atoms with Gasteiger partial charge in [0.15, 0.2) is 0 Å². The summed E-state index contributed by atoms with van der Waals surface area (Å²) in [6, 6.07) is 4.18. The second-order valence-electron chi connectivity index (χ2n) is 6.01. The maximum atomic E-state index is 6.07. The SMILES string of the molecule is C[C@H](N)c1cccnc1N1CC2CCCC(C2)C1. The number of piperidine rings is 1. The van der Waals surface area contributed by atoms with Gasteiger partial charge in [-0.2, -0.15) is 0 Å². The van der Waals surface area contributed by atoms with E-state index in [1.165, 1.54) is 44.3 Å². The van der Waals surface area contributed by atoms with Crippen LogP contribution < -0.4 is 10.6 Å². The Labute approximate surface area is 109 Å². The van der Waals surface area contributed by atoms with Gasteiger partial charge in [0.05, 0.1) is 0 Å². The second-order valence-corrected chi connectivity index (χ2v) is 6.01. The fraction of sp³-hybridized carbons (Fsp3) is 0.667. The van der Waals surface area contributed by atoms with Crippen LogP contribution in [-0.2, 0) is 0 Å². The molecule has 1 saturated heterocycles. The molecule has 2 bridgehead atoms. The van der Waals surface area contributed by atoms with Crippen molar-refractivity contribution < 1.29 is 0 Å². The lowest BCUT2D eigenvalue weighted by Crippen LogP contribution is -2.43. The molecule has 2 unspecified atom stereocenters. The van der Waals surface area contributed by atoms with Crippen LogP contribution in [0.15, 0.2) is 18.3 Å². The Morgan fingerprint density at radius 2 is 2.06 bits per heavy atom. The third-order valence-electron chi connectivity index (χ3n) is 4.46. The van der Waals surface area contributed by atoms with E-state index in [0.29, 0.717) is 0 Å². The lowest BCUT2D eigenvalue weighted by molar-refractivity contribution is 0.230. The average Bonchev–Trinajstić information content (AvgIpc) is 2.38. The van der Waals surface area contributed by atoms with Crippen molar-refractivity contribution in [3.05, 3.63) is 23.9 Å². The molecule has 0 aromatic carbocycles. The minimum atomic E-state index is 0.0652. The van der Waals surface area contributed by atoms with Crippen LogP contribution in [0.2, 0.25) is 0 Å². The molecule has 1 aliphatic heterocycles. The fourth-order valence-corrected chi connectivity index (χ4v) is 3.63. The Morgan fingerprint density at radius 3 is 2.72 bits per heavy atom. The highest BCUT2D eigenvalue weighted by Gasteiger charge is 2.31. The average molecular weight is 245 g/mol. The van der Waals surface area contributed by atoms with Gasteiger partial charge in [-0.3, -0.25) is 0 Å². The van der Waals surface area contributed by atoms with Crippen LogP contribution >= 0.6 is 0 Å². The predicted molar refractivity (Wildman–Crippen MR) is 74.5 cm³/mol. The van der Waals surface area contributed by atoms with Crippen molar-refractivity contribution >= 4 is 5.82 Å². The number of anilines is 1. The molecule has 3 heteroatoms. The maximum absolute atomic E-state index is 6.07. The van der Waals surface area contributed by atoms with Crippen molar-refractivity contribution in [1.29, 1.82) is 0 Å². The lowest BCUT2D eigenvalue weighted by Gasteiger charge is -2.42. The molecule has 0 radical (unpaired) electrons. The van der Waals surface area contributed by atoms with E-state index in [2.05, 4.69) is 16.0 Å². The topological polar surface area (TPSA) is 42.1 Å². The molecule has 1 aliphatic carbocycles. The zero-order chi connectivity index (χ0) is 12.5. The Kier molecular flexibility index (Phi) is 3.25.